The van der Waals surface area contributed by atoms with Crippen molar-refractivity contribution in [2.75, 3.05) is 19.7 Å². The van der Waals surface area contributed by atoms with Crippen LogP contribution in [0.5, 0.6) is 0 Å². The predicted molar refractivity (Wildman–Crippen MR) is 56.6 cm³/mol. The molecule has 4 nitrogen and oxygen atoms in total. The minimum atomic E-state index is -4.51. The third-order valence-electron chi connectivity index (χ3n) is 2.75. The molecule has 0 unspecified atom stereocenters. The second kappa shape index (κ2) is 6.06. The highest BCUT2D eigenvalue weighted by molar-refractivity contribution is 5.79. The van der Waals surface area contributed by atoms with Crippen LogP contribution in [-0.4, -0.2) is 42.6 Å². The van der Waals surface area contributed by atoms with Crippen LogP contribution in [0.2, 0.25) is 0 Å². The Kier molecular flexibility index (Phi) is 4.98. The van der Waals surface area contributed by atoms with Gasteiger partial charge in [0.2, 0.25) is 5.91 Å². The number of nitrogens with zero attached hydrogens (tertiary/aromatic N) is 1. The molecule has 0 aliphatic carbocycles. The molecule has 1 amide bonds. The molecule has 1 heterocycles. The van der Waals surface area contributed by atoms with Gasteiger partial charge in [0.1, 0.15) is 6.42 Å². The lowest BCUT2D eigenvalue weighted by atomic mass is 9.98. The number of esters is 1. The Morgan fingerprint density at radius 1 is 1.39 bits per heavy atom. The molecular formula is C11H16F3NO3. The molecule has 1 fully saturated rings. The number of ether oxygens (including phenoxy) is 1. The second-order valence-corrected chi connectivity index (χ2v) is 4.22. The number of amides is 1. The zero-order valence-corrected chi connectivity index (χ0v) is 10.1. The van der Waals surface area contributed by atoms with Gasteiger partial charge in [-0.15, -0.1) is 0 Å². The average Bonchev–Trinajstić information content (AvgIpc) is 2.27. The molecule has 0 aromatic heterocycles. The van der Waals surface area contributed by atoms with E-state index in [1.54, 1.807) is 6.92 Å². The summed E-state index contributed by atoms with van der Waals surface area (Å²) in [5.74, 6) is -1.92. The van der Waals surface area contributed by atoms with Crippen LogP contribution in [0.4, 0.5) is 13.2 Å². The van der Waals surface area contributed by atoms with Crippen LogP contribution in [0.3, 0.4) is 0 Å². The molecule has 104 valence electrons. The van der Waals surface area contributed by atoms with Crippen molar-refractivity contribution in [2.45, 2.75) is 32.4 Å². The minimum Gasteiger partial charge on any atom is -0.466 e. The van der Waals surface area contributed by atoms with Crippen LogP contribution < -0.4 is 0 Å². The topological polar surface area (TPSA) is 46.6 Å². The second-order valence-electron chi connectivity index (χ2n) is 4.22. The summed E-state index contributed by atoms with van der Waals surface area (Å²) < 4.78 is 41.1. The van der Waals surface area contributed by atoms with E-state index in [1.165, 1.54) is 0 Å². The van der Waals surface area contributed by atoms with Gasteiger partial charge in [0.15, 0.2) is 0 Å². The van der Waals surface area contributed by atoms with Crippen LogP contribution in [0.15, 0.2) is 0 Å². The normalized spacial score (nSPS) is 20.7. The number of rotatable bonds is 3. The smallest absolute Gasteiger partial charge is 0.397 e. The monoisotopic (exact) mass is 267 g/mol. The Morgan fingerprint density at radius 2 is 2.06 bits per heavy atom. The Bertz CT molecular complexity index is 317. The predicted octanol–water partition coefficient (Wildman–Crippen LogP) is 1.74. The standard InChI is InChI=1S/C11H16F3NO3/c1-2-18-10(17)8-4-3-5-15(7-8)9(16)6-11(12,13)14/h8H,2-7H2,1H3/t8-/m0/s1. The highest BCUT2D eigenvalue weighted by Gasteiger charge is 2.36. The zero-order chi connectivity index (χ0) is 13.8. The average molecular weight is 267 g/mol. The number of hydrogen-bond acceptors (Lipinski definition) is 3. The summed E-state index contributed by atoms with van der Waals surface area (Å²) in [7, 11) is 0. The van der Waals surface area contributed by atoms with Crippen LogP contribution in [-0.2, 0) is 14.3 Å². The minimum absolute atomic E-state index is 0.0216. The van der Waals surface area contributed by atoms with Gasteiger partial charge in [-0.25, -0.2) is 0 Å². The molecule has 0 N–H and O–H groups in total. The van der Waals surface area contributed by atoms with Gasteiger partial charge in [-0.1, -0.05) is 0 Å². The fourth-order valence-corrected chi connectivity index (χ4v) is 1.94. The van der Waals surface area contributed by atoms with Crippen LogP contribution >= 0.6 is 0 Å². The summed E-state index contributed by atoms with van der Waals surface area (Å²) in [5.41, 5.74) is 0. The Morgan fingerprint density at radius 3 is 2.61 bits per heavy atom. The van der Waals surface area contributed by atoms with Gasteiger partial charge >= 0.3 is 12.1 Å². The highest BCUT2D eigenvalue weighted by atomic mass is 19.4. The number of halogens is 3. The Balaban J connectivity index is 2.53. The maximum Gasteiger partial charge on any atom is 0.397 e. The molecule has 0 saturated carbocycles. The van der Waals surface area contributed by atoms with Crippen molar-refractivity contribution in [1.82, 2.24) is 4.90 Å². The van der Waals surface area contributed by atoms with Crippen molar-refractivity contribution < 1.29 is 27.5 Å². The molecule has 1 aliphatic rings. The van der Waals surface area contributed by atoms with Crippen LogP contribution in [0.1, 0.15) is 26.2 Å². The highest BCUT2D eigenvalue weighted by Crippen LogP contribution is 2.24. The number of carbonyl (C=O) groups excluding carboxylic acids is 2. The zero-order valence-electron chi connectivity index (χ0n) is 10.1. The molecule has 1 atom stereocenters. The molecule has 0 aromatic carbocycles. The summed E-state index contributed by atoms with van der Waals surface area (Å²) in [6.07, 6.45) is -4.90. The number of alkyl halides is 3. The van der Waals surface area contributed by atoms with Gasteiger partial charge < -0.3 is 9.64 Å². The lowest BCUT2D eigenvalue weighted by Crippen LogP contribution is -2.44. The number of hydrogen-bond donors (Lipinski definition) is 0. The third kappa shape index (κ3) is 4.54. The lowest BCUT2D eigenvalue weighted by Gasteiger charge is -2.31. The molecule has 18 heavy (non-hydrogen) atoms. The van der Waals surface area contributed by atoms with E-state index in [-0.39, 0.29) is 19.7 Å². The lowest BCUT2D eigenvalue weighted by molar-refractivity contribution is -0.163. The third-order valence-corrected chi connectivity index (χ3v) is 2.75. The van der Waals surface area contributed by atoms with Gasteiger partial charge in [0.25, 0.3) is 0 Å². The fraction of sp³-hybridized carbons (Fsp3) is 0.818. The molecule has 1 aliphatic heterocycles. The summed E-state index contributed by atoms with van der Waals surface area (Å²) >= 11 is 0. The van der Waals surface area contributed by atoms with E-state index in [9.17, 15) is 22.8 Å². The van der Waals surface area contributed by atoms with E-state index in [0.29, 0.717) is 12.8 Å². The molecule has 1 saturated heterocycles. The van der Waals surface area contributed by atoms with E-state index in [2.05, 4.69) is 0 Å². The van der Waals surface area contributed by atoms with E-state index in [1.807, 2.05) is 0 Å². The quantitative estimate of drug-likeness (QED) is 0.732. The van der Waals surface area contributed by atoms with Crippen molar-refractivity contribution in [3.05, 3.63) is 0 Å². The van der Waals surface area contributed by atoms with Crippen molar-refractivity contribution >= 4 is 11.9 Å². The summed E-state index contributed by atoms with van der Waals surface area (Å²) in [6, 6.07) is 0. The van der Waals surface area contributed by atoms with Crippen molar-refractivity contribution in [2.24, 2.45) is 5.92 Å². The molecule has 0 spiro atoms. The van der Waals surface area contributed by atoms with Gasteiger partial charge in [0.05, 0.1) is 12.5 Å². The first-order chi connectivity index (χ1) is 8.33. The van der Waals surface area contributed by atoms with Crippen LogP contribution in [0.25, 0.3) is 0 Å². The fourth-order valence-electron chi connectivity index (χ4n) is 1.94. The van der Waals surface area contributed by atoms with Crippen molar-refractivity contribution in [1.29, 1.82) is 0 Å². The summed E-state index contributed by atoms with van der Waals surface area (Å²) in [4.78, 5) is 24.0. The maximum atomic E-state index is 12.1. The van der Waals surface area contributed by atoms with Gasteiger partial charge in [-0.2, -0.15) is 13.2 Å². The molecule has 7 heteroatoms. The first-order valence-electron chi connectivity index (χ1n) is 5.84. The number of likely N-dealkylation sites (tertiary alicyclic amines) is 1. The summed E-state index contributed by atoms with van der Waals surface area (Å²) in [6.45, 7) is 2.18. The maximum absolute atomic E-state index is 12.1. The van der Waals surface area contributed by atoms with Crippen molar-refractivity contribution in [3.8, 4) is 0 Å². The first-order valence-corrected chi connectivity index (χ1v) is 5.84. The molecule has 0 bridgehead atoms. The largest absolute Gasteiger partial charge is 0.466 e. The first kappa shape index (κ1) is 14.8. The Labute approximate surface area is 103 Å². The Hall–Kier alpha value is -1.27. The van der Waals surface area contributed by atoms with E-state index in [4.69, 9.17) is 4.74 Å². The molecule has 0 radical (unpaired) electrons. The molecule has 0 aromatic rings. The SMILES string of the molecule is CCOC(=O)[C@H]1CCCN(C(=O)CC(F)(F)F)C1. The molecule has 1 rings (SSSR count). The van der Waals surface area contributed by atoms with E-state index >= 15 is 0 Å². The summed E-state index contributed by atoms with van der Waals surface area (Å²) in [5, 5.41) is 0. The van der Waals surface area contributed by atoms with Gasteiger partial charge in [-0.05, 0) is 19.8 Å². The van der Waals surface area contributed by atoms with Gasteiger partial charge in [0, 0.05) is 13.1 Å². The van der Waals surface area contributed by atoms with Gasteiger partial charge in [-0.3, -0.25) is 9.59 Å². The van der Waals surface area contributed by atoms with Crippen molar-refractivity contribution in [3.63, 3.8) is 0 Å². The number of carbonyl (C=O) groups is 2. The van der Waals surface area contributed by atoms with Crippen LogP contribution in [0, 0.1) is 5.92 Å². The van der Waals surface area contributed by atoms with E-state index in [0.717, 1.165) is 4.90 Å². The van der Waals surface area contributed by atoms with E-state index < -0.39 is 30.4 Å². The number of piperidine rings is 1. The molecular weight excluding hydrogens is 251 g/mol.